The number of aromatic nitrogens is 1. The zero-order valence-electron chi connectivity index (χ0n) is 6.94. The van der Waals surface area contributed by atoms with E-state index in [1.54, 1.807) is 0 Å². The summed E-state index contributed by atoms with van der Waals surface area (Å²) in [5.74, 6) is 0. The third-order valence-corrected chi connectivity index (χ3v) is 7.09. The molecule has 2 nitrogen and oxygen atoms in total. The molecule has 0 N–H and O–H groups in total. The first-order valence-electron chi connectivity index (χ1n) is 3.63. The molecule has 0 unspecified atom stereocenters. The van der Waals surface area contributed by atoms with E-state index in [4.69, 9.17) is 0 Å². The molecular formula is C8H9N2Se2+. The Morgan fingerprint density at radius 3 is 2.92 bits per heavy atom. The first kappa shape index (κ1) is 8.46. The van der Waals surface area contributed by atoms with Crippen LogP contribution in [0, 0.1) is 0 Å². The van der Waals surface area contributed by atoms with Gasteiger partial charge in [0.15, 0.2) is 0 Å². The van der Waals surface area contributed by atoms with Crippen molar-refractivity contribution in [2.75, 3.05) is 14.1 Å². The molecule has 1 aliphatic heterocycles. The number of nitrogens with zero attached hydrogens (tertiary/aromatic N) is 2. The zero-order chi connectivity index (χ0) is 8.55. The van der Waals surface area contributed by atoms with Gasteiger partial charge in [-0.3, -0.25) is 0 Å². The Morgan fingerprint density at radius 2 is 2.17 bits per heavy atom. The molecule has 0 aromatic rings. The van der Waals surface area contributed by atoms with E-state index in [0.717, 1.165) is 0 Å². The maximum atomic E-state index is 4.47. The molecule has 0 spiro atoms. The number of hydrogen-bond acceptors (Lipinski definition) is 1. The standard InChI is InChI=1S/C8H9N2Se2/c1-10(2)6-3-4-7-8(5-6)11-12-9-7/h3-5H,1-2H3/q+1. The van der Waals surface area contributed by atoms with Crippen molar-refractivity contribution in [3.63, 3.8) is 0 Å². The molecule has 62 valence electrons. The fraction of sp³-hybridized carbons (Fsp3) is 0.250. The fourth-order valence-corrected chi connectivity index (χ4v) is 6.45. The SMILES string of the molecule is C[N+](C)=c1ccc2n[se][se]c-2c1. The second-order valence-electron chi connectivity index (χ2n) is 2.80. The predicted molar refractivity (Wildman–Crippen MR) is 51.9 cm³/mol. The average Bonchev–Trinajstić information content (AvgIpc) is 2.49. The topological polar surface area (TPSA) is 15.9 Å². The normalized spacial score (nSPS) is 10.5. The van der Waals surface area contributed by atoms with Crippen molar-refractivity contribution in [3.05, 3.63) is 23.6 Å². The van der Waals surface area contributed by atoms with E-state index in [9.17, 15) is 0 Å². The van der Waals surface area contributed by atoms with Crippen LogP contribution in [0.2, 0.25) is 0 Å². The molecule has 0 radical (unpaired) electrons. The van der Waals surface area contributed by atoms with Crippen LogP contribution in [-0.2, 0) is 0 Å². The average molecular weight is 291 g/mol. The van der Waals surface area contributed by atoms with Crippen LogP contribution in [0.25, 0.3) is 10.1 Å². The van der Waals surface area contributed by atoms with Gasteiger partial charge in [0.05, 0.1) is 0 Å². The van der Waals surface area contributed by atoms with Crippen LogP contribution in [0.1, 0.15) is 0 Å². The molecule has 1 heterocycles. The fourth-order valence-electron chi connectivity index (χ4n) is 1.02. The van der Waals surface area contributed by atoms with Crippen molar-refractivity contribution in [3.8, 4) is 10.1 Å². The van der Waals surface area contributed by atoms with E-state index in [2.05, 4.69) is 40.8 Å². The molecule has 0 atom stereocenters. The Hall–Kier alpha value is -0.141. The van der Waals surface area contributed by atoms with Crippen molar-refractivity contribution in [2.45, 2.75) is 0 Å². The van der Waals surface area contributed by atoms with Gasteiger partial charge in [-0.1, -0.05) is 0 Å². The summed E-state index contributed by atoms with van der Waals surface area (Å²) in [5.41, 5.74) is 1.24. The van der Waals surface area contributed by atoms with Crippen LogP contribution in [-0.4, -0.2) is 43.6 Å². The van der Waals surface area contributed by atoms with Crippen LogP contribution < -0.4 is 9.93 Å². The number of fused-ring (bicyclic) bond motifs is 1. The first-order valence-corrected chi connectivity index (χ1v) is 9.59. The van der Waals surface area contributed by atoms with Gasteiger partial charge in [-0.15, -0.1) is 0 Å². The van der Waals surface area contributed by atoms with Crippen LogP contribution in [0.5, 0.6) is 0 Å². The summed E-state index contributed by atoms with van der Waals surface area (Å²) in [6.07, 6.45) is 0. The van der Waals surface area contributed by atoms with Crippen molar-refractivity contribution in [2.24, 2.45) is 0 Å². The van der Waals surface area contributed by atoms with Gasteiger partial charge in [-0.25, -0.2) is 0 Å². The van der Waals surface area contributed by atoms with Gasteiger partial charge in [0.25, 0.3) is 0 Å². The molecule has 0 saturated carbocycles. The van der Waals surface area contributed by atoms with E-state index < -0.39 is 0 Å². The summed E-state index contributed by atoms with van der Waals surface area (Å²) in [5, 5.41) is 1.29. The third kappa shape index (κ3) is 1.48. The van der Waals surface area contributed by atoms with E-state index in [1.165, 1.54) is 15.5 Å². The van der Waals surface area contributed by atoms with Crippen molar-refractivity contribution < 1.29 is 0 Å². The van der Waals surface area contributed by atoms with Gasteiger partial charge in [-0.05, 0) is 0 Å². The zero-order valence-corrected chi connectivity index (χ0v) is 10.4. The molecule has 0 saturated heterocycles. The molecule has 2 rings (SSSR count). The summed E-state index contributed by atoms with van der Waals surface area (Å²) >= 11 is 1.18. The molecule has 0 amide bonds. The van der Waals surface area contributed by atoms with E-state index in [1.807, 2.05) is 0 Å². The molecule has 12 heavy (non-hydrogen) atoms. The summed E-state index contributed by atoms with van der Waals surface area (Å²) < 4.78 is 8.09. The molecule has 0 fully saturated rings. The predicted octanol–water partition coefficient (Wildman–Crippen LogP) is -0.668. The van der Waals surface area contributed by atoms with Gasteiger partial charge in [0, 0.05) is 0 Å². The Kier molecular flexibility index (Phi) is 2.33. The summed E-state index contributed by atoms with van der Waals surface area (Å²) in [6, 6.07) is 6.55. The monoisotopic (exact) mass is 293 g/mol. The van der Waals surface area contributed by atoms with Crippen molar-refractivity contribution in [1.82, 2.24) is 8.55 Å². The van der Waals surface area contributed by atoms with Crippen LogP contribution >= 0.6 is 0 Å². The second kappa shape index (κ2) is 3.31. The second-order valence-corrected chi connectivity index (χ2v) is 8.21. The molecule has 4 heteroatoms. The molecule has 2 aliphatic rings. The van der Waals surface area contributed by atoms with Crippen molar-refractivity contribution >= 4 is 25.5 Å². The maximum absolute atomic E-state index is 4.47. The summed E-state index contributed by atoms with van der Waals surface area (Å²) in [4.78, 5) is 0. The Morgan fingerprint density at radius 1 is 1.33 bits per heavy atom. The summed E-state index contributed by atoms with van der Waals surface area (Å²) in [7, 11) is 4.15. The van der Waals surface area contributed by atoms with Gasteiger partial charge in [0.1, 0.15) is 0 Å². The van der Waals surface area contributed by atoms with Gasteiger partial charge < -0.3 is 0 Å². The van der Waals surface area contributed by atoms with E-state index in [0.29, 0.717) is 25.5 Å². The minimum absolute atomic E-state index is 0.528. The Balaban J connectivity index is 2.79. The first-order chi connectivity index (χ1) is 5.77. The van der Waals surface area contributed by atoms with Gasteiger partial charge in [-0.2, -0.15) is 0 Å². The molecule has 1 aliphatic carbocycles. The number of rotatable bonds is 0. The molecule has 0 aromatic heterocycles. The Labute approximate surface area is 81.8 Å². The van der Waals surface area contributed by atoms with E-state index in [-0.39, 0.29) is 0 Å². The number of hydrogen-bond donors (Lipinski definition) is 0. The Bertz CT molecular complexity index is 423. The minimum atomic E-state index is 0.528. The van der Waals surface area contributed by atoms with Gasteiger partial charge >= 0.3 is 81.8 Å². The third-order valence-electron chi connectivity index (χ3n) is 1.72. The molecular weight excluding hydrogens is 282 g/mol. The molecule has 0 bridgehead atoms. The quantitative estimate of drug-likeness (QED) is 0.464. The summed E-state index contributed by atoms with van der Waals surface area (Å²) in [6.45, 7) is 0. The van der Waals surface area contributed by atoms with Crippen LogP contribution in [0.4, 0.5) is 0 Å². The van der Waals surface area contributed by atoms with E-state index >= 15 is 0 Å². The molecule has 0 aromatic carbocycles. The van der Waals surface area contributed by atoms with Crippen LogP contribution in [0.3, 0.4) is 0 Å². The van der Waals surface area contributed by atoms with Gasteiger partial charge in [0.2, 0.25) is 0 Å². The van der Waals surface area contributed by atoms with Crippen LogP contribution in [0.15, 0.2) is 18.2 Å². The van der Waals surface area contributed by atoms with Crippen molar-refractivity contribution in [1.29, 1.82) is 0 Å². The number of benzene rings is 1.